The normalized spacial score (nSPS) is 14.8. The minimum atomic E-state index is -0.371. The maximum atomic E-state index is 9.70. The fraction of sp³-hybridized carbons (Fsp3) is 0.136. The summed E-state index contributed by atoms with van der Waals surface area (Å²) in [5.41, 5.74) is 6.43. The van der Waals surface area contributed by atoms with Gasteiger partial charge in [0.05, 0.1) is 40.4 Å². The van der Waals surface area contributed by atoms with Crippen LogP contribution in [0.4, 0.5) is 0 Å². The number of hydrogen-bond acceptors (Lipinski definition) is 4. The fourth-order valence-electron chi connectivity index (χ4n) is 3.65. The summed E-state index contributed by atoms with van der Waals surface area (Å²) in [6, 6.07) is 20.5. The van der Waals surface area contributed by atoms with Crippen molar-refractivity contribution in [3.8, 4) is 23.4 Å². The average molecular weight is 351 g/mol. The lowest BCUT2D eigenvalue weighted by Gasteiger charge is -2.26. The minimum absolute atomic E-state index is 0.371. The Morgan fingerprint density at radius 3 is 2.22 bits per heavy atom. The monoisotopic (exact) mass is 351 g/mol. The predicted molar refractivity (Wildman–Crippen MR) is 104 cm³/mol. The van der Waals surface area contributed by atoms with Crippen LogP contribution in [0.2, 0.25) is 0 Å². The molecule has 0 saturated carbocycles. The molecule has 1 aliphatic rings. The smallest absolute Gasteiger partial charge is 0.0999 e. The summed E-state index contributed by atoms with van der Waals surface area (Å²) in [5, 5.41) is 31.1. The number of hydrogen-bond donors (Lipinski definition) is 2. The van der Waals surface area contributed by atoms with Gasteiger partial charge in [0.1, 0.15) is 0 Å². The number of rotatable bonds is 2. The van der Waals surface area contributed by atoms with E-state index in [0.29, 0.717) is 11.1 Å². The number of nitriles is 2. The van der Waals surface area contributed by atoms with Crippen LogP contribution < -0.4 is 5.32 Å². The first-order valence-corrected chi connectivity index (χ1v) is 8.66. The van der Waals surface area contributed by atoms with Gasteiger partial charge in [0.25, 0.3) is 0 Å². The van der Waals surface area contributed by atoms with Crippen LogP contribution in [0.1, 0.15) is 25.3 Å². The molecule has 0 bridgehead atoms. The highest BCUT2D eigenvalue weighted by molar-refractivity contribution is 5.93. The standard InChI is InChI=1S/C22H17N5/c1-13-18(11-23)21(19(12-24)14(2)25-13)16-8-9-20-17(10-16)22(27-26-20)15-6-4-3-5-7-15/h3-10,21,25H,1-2H3,(H,26,27). The molecular weight excluding hydrogens is 334 g/mol. The van der Waals surface area contributed by atoms with E-state index in [2.05, 4.69) is 27.7 Å². The van der Waals surface area contributed by atoms with E-state index in [-0.39, 0.29) is 5.92 Å². The van der Waals surface area contributed by atoms with Crippen molar-refractivity contribution in [3.63, 3.8) is 0 Å². The van der Waals surface area contributed by atoms with E-state index in [1.54, 1.807) is 0 Å². The largest absolute Gasteiger partial charge is 0.361 e. The second-order valence-electron chi connectivity index (χ2n) is 6.60. The van der Waals surface area contributed by atoms with Crippen molar-refractivity contribution in [2.45, 2.75) is 19.8 Å². The topological polar surface area (TPSA) is 88.3 Å². The van der Waals surface area contributed by atoms with Gasteiger partial charge in [0.15, 0.2) is 0 Å². The molecule has 1 aromatic heterocycles. The third-order valence-corrected chi connectivity index (χ3v) is 4.97. The number of dihydropyridines is 1. The van der Waals surface area contributed by atoms with Crippen molar-refractivity contribution in [2.24, 2.45) is 0 Å². The van der Waals surface area contributed by atoms with Crippen molar-refractivity contribution in [2.75, 3.05) is 0 Å². The van der Waals surface area contributed by atoms with Gasteiger partial charge in [0, 0.05) is 22.3 Å². The Kier molecular flexibility index (Phi) is 3.99. The first-order chi connectivity index (χ1) is 13.1. The van der Waals surface area contributed by atoms with Crippen molar-refractivity contribution in [1.29, 1.82) is 10.5 Å². The van der Waals surface area contributed by atoms with E-state index in [1.165, 1.54) is 0 Å². The molecule has 0 spiro atoms. The number of H-pyrrole nitrogens is 1. The Morgan fingerprint density at radius 2 is 1.59 bits per heavy atom. The van der Waals surface area contributed by atoms with E-state index in [1.807, 2.05) is 62.4 Å². The molecule has 3 aromatic rings. The van der Waals surface area contributed by atoms with Gasteiger partial charge in [-0.1, -0.05) is 36.4 Å². The molecule has 1 aliphatic heterocycles. The van der Waals surface area contributed by atoms with Crippen LogP contribution in [0.15, 0.2) is 71.1 Å². The fourth-order valence-corrected chi connectivity index (χ4v) is 3.65. The van der Waals surface area contributed by atoms with Crippen LogP contribution in [0, 0.1) is 22.7 Å². The SMILES string of the molecule is CC1=C(C#N)C(c2ccc3[nH]nc(-c4ccccc4)c3c2)C(C#N)=C(C)N1. The third kappa shape index (κ3) is 2.67. The van der Waals surface area contributed by atoms with Crippen LogP contribution in [0.3, 0.4) is 0 Å². The third-order valence-electron chi connectivity index (χ3n) is 4.97. The van der Waals surface area contributed by atoms with Crippen LogP contribution >= 0.6 is 0 Å². The van der Waals surface area contributed by atoms with Crippen molar-refractivity contribution >= 4 is 10.9 Å². The maximum absolute atomic E-state index is 9.70. The Labute approximate surface area is 157 Å². The van der Waals surface area contributed by atoms with Gasteiger partial charge in [-0.2, -0.15) is 15.6 Å². The lowest BCUT2D eigenvalue weighted by atomic mass is 9.81. The number of nitrogens with zero attached hydrogens (tertiary/aromatic N) is 3. The molecule has 0 aliphatic carbocycles. The van der Waals surface area contributed by atoms with Crippen LogP contribution in [-0.2, 0) is 0 Å². The summed E-state index contributed by atoms with van der Waals surface area (Å²) >= 11 is 0. The molecule has 5 heteroatoms. The highest BCUT2D eigenvalue weighted by atomic mass is 15.1. The van der Waals surface area contributed by atoms with Crippen LogP contribution in [-0.4, -0.2) is 10.2 Å². The molecular formula is C22H17N5. The molecule has 0 fully saturated rings. The summed E-state index contributed by atoms with van der Waals surface area (Å²) in [5.74, 6) is -0.371. The van der Waals surface area contributed by atoms with Crippen molar-refractivity contribution < 1.29 is 0 Å². The molecule has 5 nitrogen and oxygen atoms in total. The molecule has 0 saturated heterocycles. The van der Waals surface area contributed by atoms with Gasteiger partial charge in [-0.3, -0.25) is 5.10 Å². The molecule has 0 unspecified atom stereocenters. The van der Waals surface area contributed by atoms with E-state index >= 15 is 0 Å². The van der Waals surface area contributed by atoms with Gasteiger partial charge in [-0.25, -0.2) is 0 Å². The first-order valence-electron chi connectivity index (χ1n) is 8.66. The quantitative estimate of drug-likeness (QED) is 0.711. The van der Waals surface area contributed by atoms with Crippen LogP contribution in [0.5, 0.6) is 0 Å². The van der Waals surface area contributed by atoms with Gasteiger partial charge >= 0.3 is 0 Å². The van der Waals surface area contributed by atoms with E-state index in [4.69, 9.17) is 0 Å². The number of nitrogens with one attached hydrogen (secondary N) is 2. The van der Waals surface area contributed by atoms with Crippen molar-refractivity contribution in [1.82, 2.24) is 15.5 Å². The number of allylic oxidation sites excluding steroid dienone is 4. The predicted octanol–water partition coefficient (Wildman–Crippen LogP) is 4.51. The number of fused-ring (bicyclic) bond motifs is 1. The highest BCUT2D eigenvalue weighted by Gasteiger charge is 2.29. The summed E-state index contributed by atoms with van der Waals surface area (Å²) in [6.45, 7) is 3.74. The second kappa shape index (κ2) is 6.48. The lowest BCUT2D eigenvalue weighted by molar-refractivity contribution is 0.815. The van der Waals surface area contributed by atoms with Crippen LogP contribution in [0.25, 0.3) is 22.2 Å². The summed E-state index contributed by atoms with van der Waals surface area (Å²) in [4.78, 5) is 0. The molecule has 130 valence electrons. The summed E-state index contributed by atoms with van der Waals surface area (Å²) < 4.78 is 0. The zero-order valence-electron chi connectivity index (χ0n) is 15.0. The molecule has 27 heavy (non-hydrogen) atoms. The highest BCUT2D eigenvalue weighted by Crippen LogP contribution is 2.39. The Bertz CT molecular complexity index is 1150. The average Bonchev–Trinajstić information content (AvgIpc) is 3.11. The number of benzene rings is 2. The Hall–Kier alpha value is -3.83. The van der Waals surface area contributed by atoms with Gasteiger partial charge < -0.3 is 5.32 Å². The molecule has 2 heterocycles. The zero-order chi connectivity index (χ0) is 19.0. The van der Waals surface area contributed by atoms with Gasteiger partial charge in [0.2, 0.25) is 0 Å². The van der Waals surface area contributed by atoms with E-state index in [9.17, 15) is 10.5 Å². The van der Waals surface area contributed by atoms with Gasteiger partial charge in [-0.05, 0) is 31.5 Å². The second-order valence-corrected chi connectivity index (χ2v) is 6.60. The van der Waals surface area contributed by atoms with E-state index < -0.39 is 0 Å². The molecule has 0 atom stereocenters. The number of aromatic nitrogens is 2. The summed E-state index contributed by atoms with van der Waals surface area (Å²) in [6.07, 6.45) is 0. The minimum Gasteiger partial charge on any atom is -0.361 e. The molecule has 0 amide bonds. The van der Waals surface area contributed by atoms with E-state index in [0.717, 1.165) is 39.1 Å². The molecule has 2 N–H and O–H groups in total. The molecule has 2 aromatic carbocycles. The number of aromatic amines is 1. The molecule has 0 radical (unpaired) electrons. The Morgan fingerprint density at radius 1 is 0.926 bits per heavy atom. The van der Waals surface area contributed by atoms with Crippen molar-refractivity contribution in [3.05, 3.63) is 76.6 Å². The zero-order valence-corrected chi connectivity index (χ0v) is 15.0. The molecule has 4 rings (SSSR count). The first kappa shape index (κ1) is 16.6. The van der Waals surface area contributed by atoms with Gasteiger partial charge in [-0.15, -0.1) is 0 Å². The summed E-state index contributed by atoms with van der Waals surface area (Å²) in [7, 11) is 0. The Balaban J connectivity index is 1.93. The lowest BCUT2D eigenvalue weighted by Crippen LogP contribution is -2.23. The maximum Gasteiger partial charge on any atom is 0.0999 e.